The molecule has 0 aliphatic heterocycles. The molecule has 0 bridgehead atoms. The van der Waals surface area contributed by atoms with Gasteiger partial charge in [-0.1, -0.05) is 52.1 Å². The first-order valence-corrected chi connectivity index (χ1v) is 7.71. The maximum absolute atomic E-state index is 14.2. The van der Waals surface area contributed by atoms with Crippen molar-refractivity contribution in [3.8, 4) is 0 Å². The fourth-order valence-electron chi connectivity index (χ4n) is 2.09. The standard InChI is InChI=1S/C15H13BrCl2FN/c1-2-20-15(10-8-9(17)6-7-12(10)18)14-11(16)4-3-5-13(14)19/h3-8,15,20H,2H2,1H3. The van der Waals surface area contributed by atoms with Crippen molar-refractivity contribution in [3.05, 3.63) is 67.9 Å². The molecule has 1 atom stereocenters. The molecule has 0 aliphatic carbocycles. The molecule has 0 aromatic heterocycles. The van der Waals surface area contributed by atoms with E-state index in [9.17, 15) is 4.39 Å². The molecule has 5 heteroatoms. The van der Waals surface area contributed by atoms with E-state index in [0.29, 0.717) is 26.6 Å². The lowest BCUT2D eigenvalue weighted by atomic mass is 9.98. The highest BCUT2D eigenvalue weighted by Gasteiger charge is 2.22. The Hall–Kier alpha value is -0.610. The van der Waals surface area contributed by atoms with Crippen molar-refractivity contribution in [2.75, 3.05) is 6.54 Å². The van der Waals surface area contributed by atoms with E-state index in [2.05, 4.69) is 21.2 Å². The van der Waals surface area contributed by atoms with E-state index in [-0.39, 0.29) is 11.9 Å². The van der Waals surface area contributed by atoms with Crippen molar-refractivity contribution >= 4 is 39.1 Å². The SMILES string of the molecule is CCNC(c1cc(Cl)ccc1Cl)c1c(F)cccc1Br. The number of rotatable bonds is 4. The van der Waals surface area contributed by atoms with Crippen LogP contribution >= 0.6 is 39.1 Å². The van der Waals surface area contributed by atoms with Gasteiger partial charge < -0.3 is 5.32 Å². The van der Waals surface area contributed by atoms with Gasteiger partial charge in [-0.25, -0.2) is 4.39 Å². The fraction of sp³-hybridized carbons (Fsp3) is 0.200. The molecule has 20 heavy (non-hydrogen) atoms. The summed E-state index contributed by atoms with van der Waals surface area (Å²) >= 11 is 15.7. The van der Waals surface area contributed by atoms with E-state index in [4.69, 9.17) is 23.2 Å². The van der Waals surface area contributed by atoms with Gasteiger partial charge in [-0.2, -0.15) is 0 Å². The van der Waals surface area contributed by atoms with Crippen LogP contribution in [0.3, 0.4) is 0 Å². The van der Waals surface area contributed by atoms with Crippen LogP contribution in [0, 0.1) is 5.82 Å². The summed E-state index contributed by atoms with van der Waals surface area (Å²) in [6.45, 7) is 2.63. The first-order chi connectivity index (χ1) is 9.54. The van der Waals surface area contributed by atoms with Crippen molar-refractivity contribution in [1.29, 1.82) is 0 Å². The molecule has 1 nitrogen and oxygen atoms in total. The Morgan fingerprint density at radius 1 is 1.25 bits per heavy atom. The zero-order valence-corrected chi connectivity index (χ0v) is 13.9. The minimum Gasteiger partial charge on any atom is -0.306 e. The average molecular weight is 377 g/mol. The van der Waals surface area contributed by atoms with Crippen LogP contribution < -0.4 is 5.32 Å². The van der Waals surface area contributed by atoms with Crippen molar-refractivity contribution in [1.82, 2.24) is 5.32 Å². The van der Waals surface area contributed by atoms with Gasteiger partial charge in [0.1, 0.15) is 5.82 Å². The molecule has 106 valence electrons. The molecule has 2 aromatic rings. The molecular formula is C15H13BrCl2FN. The molecule has 0 heterocycles. The van der Waals surface area contributed by atoms with Gasteiger partial charge >= 0.3 is 0 Å². The molecule has 0 fully saturated rings. The Labute approximate surface area is 136 Å². The monoisotopic (exact) mass is 375 g/mol. The van der Waals surface area contributed by atoms with Crippen LogP contribution in [0.4, 0.5) is 4.39 Å². The lowest BCUT2D eigenvalue weighted by Crippen LogP contribution is -2.23. The highest BCUT2D eigenvalue weighted by atomic mass is 79.9. The van der Waals surface area contributed by atoms with Gasteiger partial charge in [0.25, 0.3) is 0 Å². The fourth-order valence-corrected chi connectivity index (χ4v) is 3.07. The molecule has 0 amide bonds. The third kappa shape index (κ3) is 3.34. The average Bonchev–Trinajstić information content (AvgIpc) is 2.40. The zero-order valence-electron chi connectivity index (χ0n) is 10.8. The van der Waals surface area contributed by atoms with E-state index in [1.54, 1.807) is 30.3 Å². The lowest BCUT2D eigenvalue weighted by Gasteiger charge is -2.22. The van der Waals surface area contributed by atoms with Gasteiger partial charge in [-0.3, -0.25) is 0 Å². The quantitative estimate of drug-likeness (QED) is 0.732. The van der Waals surface area contributed by atoms with Crippen LogP contribution in [0.1, 0.15) is 24.1 Å². The van der Waals surface area contributed by atoms with E-state index in [1.165, 1.54) is 6.07 Å². The number of benzene rings is 2. The summed E-state index contributed by atoms with van der Waals surface area (Å²) < 4.78 is 14.9. The largest absolute Gasteiger partial charge is 0.306 e. The highest BCUT2D eigenvalue weighted by molar-refractivity contribution is 9.10. The van der Waals surface area contributed by atoms with Crippen LogP contribution in [0.25, 0.3) is 0 Å². The number of hydrogen-bond acceptors (Lipinski definition) is 1. The Balaban J connectivity index is 2.59. The molecule has 0 aliphatic rings. The smallest absolute Gasteiger partial charge is 0.129 e. The second-order valence-corrected chi connectivity index (χ2v) is 5.99. The Morgan fingerprint density at radius 3 is 2.65 bits per heavy atom. The van der Waals surface area contributed by atoms with Crippen LogP contribution in [-0.4, -0.2) is 6.54 Å². The van der Waals surface area contributed by atoms with Gasteiger partial charge in [-0.15, -0.1) is 0 Å². The van der Waals surface area contributed by atoms with Gasteiger partial charge in [-0.05, 0) is 42.4 Å². The second-order valence-electron chi connectivity index (χ2n) is 4.29. The van der Waals surface area contributed by atoms with Crippen LogP contribution in [0.5, 0.6) is 0 Å². The lowest BCUT2D eigenvalue weighted by molar-refractivity contribution is 0.557. The predicted octanol–water partition coefficient (Wildman–Crippen LogP) is 5.59. The molecule has 2 aromatic carbocycles. The summed E-state index contributed by atoms with van der Waals surface area (Å²) in [7, 11) is 0. The summed E-state index contributed by atoms with van der Waals surface area (Å²) in [6.07, 6.45) is 0. The Morgan fingerprint density at radius 2 is 2.00 bits per heavy atom. The van der Waals surface area contributed by atoms with E-state index in [0.717, 1.165) is 5.56 Å². The van der Waals surface area contributed by atoms with E-state index in [1.807, 2.05) is 6.92 Å². The number of nitrogens with one attached hydrogen (secondary N) is 1. The maximum Gasteiger partial charge on any atom is 0.129 e. The predicted molar refractivity (Wildman–Crippen MR) is 86.1 cm³/mol. The topological polar surface area (TPSA) is 12.0 Å². The summed E-state index contributed by atoms with van der Waals surface area (Å²) in [6, 6.07) is 9.73. The second kappa shape index (κ2) is 6.90. The van der Waals surface area contributed by atoms with E-state index < -0.39 is 0 Å². The van der Waals surface area contributed by atoms with Gasteiger partial charge in [0.2, 0.25) is 0 Å². The van der Waals surface area contributed by atoms with Crippen molar-refractivity contribution in [3.63, 3.8) is 0 Å². The maximum atomic E-state index is 14.2. The van der Waals surface area contributed by atoms with Crippen molar-refractivity contribution in [2.24, 2.45) is 0 Å². The van der Waals surface area contributed by atoms with Gasteiger partial charge in [0.15, 0.2) is 0 Å². The molecule has 2 rings (SSSR count). The molecule has 0 saturated heterocycles. The van der Waals surface area contributed by atoms with Gasteiger partial charge in [0.05, 0.1) is 6.04 Å². The van der Waals surface area contributed by atoms with Crippen LogP contribution in [-0.2, 0) is 0 Å². The Bertz CT molecular complexity index is 599. The molecule has 0 saturated carbocycles. The summed E-state index contributed by atoms with van der Waals surface area (Å²) in [5.74, 6) is -0.290. The van der Waals surface area contributed by atoms with Crippen LogP contribution in [0.2, 0.25) is 10.0 Å². The molecule has 1 unspecified atom stereocenters. The first-order valence-electron chi connectivity index (χ1n) is 6.16. The normalized spacial score (nSPS) is 12.4. The minimum absolute atomic E-state index is 0.290. The third-order valence-electron chi connectivity index (χ3n) is 2.97. The molecule has 0 radical (unpaired) electrons. The van der Waals surface area contributed by atoms with Crippen molar-refractivity contribution < 1.29 is 4.39 Å². The summed E-state index contributed by atoms with van der Waals surface area (Å²) in [4.78, 5) is 0. The Kier molecular flexibility index (Phi) is 5.44. The first kappa shape index (κ1) is 15.8. The van der Waals surface area contributed by atoms with Crippen LogP contribution in [0.15, 0.2) is 40.9 Å². The molecule has 1 N–H and O–H groups in total. The zero-order chi connectivity index (χ0) is 14.7. The molecular weight excluding hydrogens is 364 g/mol. The third-order valence-corrected chi connectivity index (χ3v) is 4.24. The number of halogens is 4. The summed E-state index contributed by atoms with van der Waals surface area (Å²) in [5.41, 5.74) is 1.28. The molecule has 0 spiro atoms. The summed E-state index contributed by atoms with van der Waals surface area (Å²) in [5, 5.41) is 4.37. The van der Waals surface area contributed by atoms with E-state index >= 15 is 0 Å². The van der Waals surface area contributed by atoms with Gasteiger partial charge in [0, 0.05) is 20.1 Å². The highest BCUT2D eigenvalue weighted by Crippen LogP contribution is 2.35. The minimum atomic E-state index is -0.359. The number of hydrogen-bond donors (Lipinski definition) is 1. The van der Waals surface area contributed by atoms with Crippen molar-refractivity contribution in [2.45, 2.75) is 13.0 Å².